The summed E-state index contributed by atoms with van der Waals surface area (Å²) in [6, 6.07) is 5.53. The first-order valence-corrected chi connectivity index (χ1v) is 9.13. The Morgan fingerprint density at radius 2 is 2.12 bits per heavy atom. The Balaban J connectivity index is 1.57. The van der Waals surface area contributed by atoms with E-state index in [9.17, 15) is 4.79 Å². The van der Waals surface area contributed by atoms with E-state index < -0.39 is 0 Å². The molecule has 1 aliphatic carbocycles. The number of ether oxygens (including phenoxy) is 3. The summed E-state index contributed by atoms with van der Waals surface area (Å²) >= 11 is 0. The highest BCUT2D eigenvalue weighted by Crippen LogP contribution is 2.32. The summed E-state index contributed by atoms with van der Waals surface area (Å²) in [5.74, 6) is 1.45. The van der Waals surface area contributed by atoms with Gasteiger partial charge in [-0.3, -0.25) is 4.79 Å². The zero-order valence-electron chi connectivity index (χ0n) is 15.0. The second-order valence-electron chi connectivity index (χ2n) is 6.74. The minimum absolute atomic E-state index is 0.0440. The second kappa shape index (κ2) is 8.54. The molecule has 2 N–H and O–H groups in total. The molecular formula is C19H28N2O4. The highest BCUT2D eigenvalue weighted by atomic mass is 16.5. The molecule has 2 aliphatic rings. The predicted octanol–water partition coefficient (Wildman–Crippen LogP) is 2.01. The maximum absolute atomic E-state index is 12.3. The molecule has 1 heterocycles. The maximum Gasteiger partial charge on any atom is 0.240 e. The van der Waals surface area contributed by atoms with Gasteiger partial charge in [0.2, 0.25) is 5.91 Å². The molecule has 138 valence electrons. The van der Waals surface area contributed by atoms with Crippen molar-refractivity contribution < 1.29 is 19.0 Å². The molecule has 1 saturated heterocycles. The van der Waals surface area contributed by atoms with Crippen LogP contribution in [0.4, 0.5) is 0 Å². The quantitative estimate of drug-likeness (QED) is 0.823. The zero-order chi connectivity index (χ0) is 17.6. The fourth-order valence-corrected chi connectivity index (χ4v) is 3.43. The molecular weight excluding hydrogens is 320 g/mol. The molecule has 0 bridgehead atoms. The highest BCUT2D eigenvalue weighted by molar-refractivity contribution is 5.82. The summed E-state index contributed by atoms with van der Waals surface area (Å²) in [6.07, 6.45) is 4.84. The molecule has 0 aromatic heterocycles. The van der Waals surface area contributed by atoms with Gasteiger partial charge in [-0.15, -0.1) is 0 Å². The van der Waals surface area contributed by atoms with Crippen molar-refractivity contribution in [2.24, 2.45) is 0 Å². The zero-order valence-corrected chi connectivity index (χ0v) is 15.0. The topological polar surface area (TPSA) is 68.8 Å². The summed E-state index contributed by atoms with van der Waals surface area (Å²) in [5.41, 5.74) is 0.980. The molecule has 0 radical (unpaired) electrons. The lowest BCUT2D eigenvalue weighted by Crippen LogP contribution is -2.55. The van der Waals surface area contributed by atoms with Crippen LogP contribution in [0.1, 0.15) is 38.2 Å². The largest absolute Gasteiger partial charge is 0.493 e. The monoisotopic (exact) mass is 348 g/mol. The number of morpholine rings is 1. The fourth-order valence-electron chi connectivity index (χ4n) is 3.43. The molecule has 6 nitrogen and oxygen atoms in total. The minimum Gasteiger partial charge on any atom is -0.493 e. The number of carbonyl (C=O) groups excluding carboxylic acids is 1. The van der Waals surface area contributed by atoms with Gasteiger partial charge in [0.05, 0.1) is 25.9 Å². The maximum atomic E-state index is 12.3. The number of hydrogen-bond donors (Lipinski definition) is 2. The van der Waals surface area contributed by atoms with Crippen LogP contribution in [0.5, 0.6) is 11.5 Å². The molecule has 1 saturated carbocycles. The number of amides is 1. The number of methoxy groups -OCH3 is 1. The third-order valence-corrected chi connectivity index (χ3v) is 4.89. The van der Waals surface area contributed by atoms with Crippen LogP contribution in [-0.4, -0.2) is 44.4 Å². The van der Waals surface area contributed by atoms with Crippen LogP contribution >= 0.6 is 0 Å². The Hall–Kier alpha value is -1.79. The van der Waals surface area contributed by atoms with Gasteiger partial charge in [0.1, 0.15) is 6.04 Å². The van der Waals surface area contributed by atoms with Crippen LogP contribution in [0.3, 0.4) is 0 Å². The smallest absolute Gasteiger partial charge is 0.240 e. The van der Waals surface area contributed by atoms with Crippen molar-refractivity contribution in [3.05, 3.63) is 23.8 Å². The first-order valence-electron chi connectivity index (χ1n) is 9.13. The number of nitrogens with one attached hydrogen (secondary N) is 2. The summed E-state index contributed by atoms with van der Waals surface area (Å²) in [4.78, 5) is 12.3. The van der Waals surface area contributed by atoms with Crippen LogP contribution < -0.4 is 20.1 Å². The Morgan fingerprint density at radius 1 is 1.32 bits per heavy atom. The molecule has 3 rings (SSSR count). The van der Waals surface area contributed by atoms with Gasteiger partial charge in [0, 0.05) is 13.1 Å². The SMILES string of the molecule is COc1cc(CNC(=O)[C@H]2NCCO[C@@H]2C)ccc1OC1CCCC1. The lowest BCUT2D eigenvalue weighted by atomic mass is 10.1. The number of rotatable bonds is 6. The van der Waals surface area contributed by atoms with E-state index in [-0.39, 0.29) is 18.1 Å². The Morgan fingerprint density at radius 3 is 2.84 bits per heavy atom. The Kier molecular flexibility index (Phi) is 6.15. The van der Waals surface area contributed by atoms with Gasteiger partial charge in [-0.1, -0.05) is 6.07 Å². The van der Waals surface area contributed by atoms with Gasteiger partial charge < -0.3 is 24.8 Å². The van der Waals surface area contributed by atoms with Crippen molar-refractivity contribution in [3.63, 3.8) is 0 Å². The summed E-state index contributed by atoms with van der Waals surface area (Å²) in [6.45, 7) is 3.70. The van der Waals surface area contributed by atoms with E-state index >= 15 is 0 Å². The normalized spacial score (nSPS) is 24.1. The molecule has 1 aliphatic heterocycles. The van der Waals surface area contributed by atoms with E-state index in [1.165, 1.54) is 12.8 Å². The van der Waals surface area contributed by atoms with Crippen molar-refractivity contribution in [2.75, 3.05) is 20.3 Å². The Bertz CT molecular complexity index is 587. The van der Waals surface area contributed by atoms with Crippen LogP contribution in [0, 0.1) is 0 Å². The number of benzene rings is 1. The average molecular weight is 348 g/mol. The highest BCUT2D eigenvalue weighted by Gasteiger charge is 2.28. The molecule has 25 heavy (non-hydrogen) atoms. The molecule has 2 atom stereocenters. The Labute approximate surface area is 149 Å². The molecule has 1 aromatic carbocycles. The predicted molar refractivity (Wildman–Crippen MR) is 94.9 cm³/mol. The lowest BCUT2D eigenvalue weighted by Gasteiger charge is -2.29. The standard InChI is InChI=1S/C19H28N2O4/c1-13-18(20-9-10-24-13)19(22)21-12-14-7-8-16(17(11-14)23-2)25-15-5-3-4-6-15/h7-8,11,13,15,18,20H,3-6,9-10,12H2,1-2H3,(H,21,22)/t13-,18+/m1/s1. The molecule has 1 aromatic rings. The average Bonchev–Trinajstić information content (AvgIpc) is 3.14. The van der Waals surface area contributed by atoms with Crippen molar-refractivity contribution in [3.8, 4) is 11.5 Å². The van der Waals surface area contributed by atoms with Crippen molar-refractivity contribution in [1.29, 1.82) is 0 Å². The first kappa shape index (κ1) is 18.0. The van der Waals surface area contributed by atoms with Crippen LogP contribution in [0.2, 0.25) is 0 Å². The van der Waals surface area contributed by atoms with E-state index in [1.54, 1.807) is 7.11 Å². The van der Waals surface area contributed by atoms with E-state index in [4.69, 9.17) is 14.2 Å². The van der Waals surface area contributed by atoms with E-state index in [0.717, 1.165) is 24.2 Å². The van der Waals surface area contributed by atoms with E-state index in [2.05, 4.69) is 10.6 Å². The third-order valence-electron chi connectivity index (χ3n) is 4.89. The van der Waals surface area contributed by atoms with Gasteiger partial charge in [-0.05, 0) is 50.3 Å². The fraction of sp³-hybridized carbons (Fsp3) is 0.632. The molecule has 0 spiro atoms. The van der Waals surface area contributed by atoms with Crippen molar-refractivity contribution >= 4 is 5.91 Å². The first-order chi connectivity index (χ1) is 12.2. The van der Waals surface area contributed by atoms with E-state index in [0.29, 0.717) is 31.5 Å². The summed E-state index contributed by atoms with van der Waals surface area (Å²) in [5, 5.41) is 6.16. The van der Waals surface area contributed by atoms with Crippen LogP contribution in [-0.2, 0) is 16.1 Å². The second-order valence-corrected chi connectivity index (χ2v) is 6.74. The summed E-state index contributed by atoms with van der Waals surface area (Å²) < 4.78 is 17.0. The number of carbonyl (C=O) groups is 1. The molecule has 2 fully saturated rings. The molecule has 1 amide bonds. The summed E-state index contributed by atoms with van der Waals surface area (Å²) in [7, 11) is 1.64. The van der Waals surface area contributed by atoms with Gasteiger partial charge in [-0.25, -0.2) is 0 Å². The van der Waals surface area contributed by atoms with Crippen molar-refractivity contribution in [1.82, 2.24) is 10.6 Å². The lowest BCUT2D eigenvalue weighted by molar-refractivity contribution is -0.129. The minimum atomic E-state index is -0.305. The van der Waals surface area contributed by atoms with E-state index in [1.807, 2.05) is 25.1 Å². The van der Waals surface area contributed by atoms with Gasteiger partial charge in [-0.2, -0.15) is 0 Å². The molecule has 6 heteroatoms. The van der Waals surface area contributed by atoms with Gasteiger partial charge in [0.25, 0.3) is 0 Å². The van der Waals surface area contributed by atoms with Crippen LogP contribution in [0.25, 0.3) is 0 Å². The molecule has 0 unspecified atom stereocenters. The van der Waals surface area contributed by atoms with Crippen LogP contribution in [0.15, 0.2) is 18.2 Å². The number of hydrogen-bond acceptors (Lipinski definition) is 5. The third kappa shape index (κ3) is 4.64. The van der Waals surface area contributed by atoms with Gasteiger partial charge in [0.15, 0.2) is 11.5 Å². The van der Waals surface area contributed by atoms with Gasteiger partial charge >= 0.3 is 0 Å². The van der Waals surface area contributed by atoms with Crippen molar-refractivity contribution in [2.45, 2.75) is 57.4 Å².